The summed E-state index contributed by atoms with van der Waals surface area (Å²) >= 11 is 0. The Bertz CT molecular complexity index is 676. The lowest BCUT2D eigenvalue weighted by Gasteiger charge is -2.48. The van der Waals surface area contributed by atoms with Gasteiger partial charge in [0.25, 0.3) is 5.82 Å². The molecule has 3 heterocycles. The highest BCUT2D eigenvalue weighted by molar-refractivity contribution is 5.77. The smallest absolute Gasteiger partial charge is 0.339 e. The molecule has 1 amide bonds. The van der Waals surface area contributed by atoms with Crippen LogP contribution in [0.4, 0.5) is 13.2 Å². The van der Waals surface area contributed by atoms with Crippen molar-refractivity contribution in [2.75, 3.05) is 19.6 Å². The van der Waals surface area contributed by atoms with Gasteiger partial charge in [0, 0.05) is 19.0 Å². The Morgan fingerprint density at radius 3 is 2.48 bits per heavy atom. The zero-order valence-electron chi connectivity index (χ0n) is 15.3. The molecule has 1 saturated carbocycles. The van der Waals surface area contributed by atoms with Crippen LogP contribution in [-0.4, -0.2) is 51.5 Å². The number of halogens is 3. The first-order valence-corrected chi connectivity index (χ1v) is 9.76. The number of hydrogen-bond donors (Lipinski definition) is 0. The van der Waals surface area contributed by atoms with Crippen molar-refractivity contribution in [3.05, 3.63) is 11.7 Å². The molecule has 6 nitrogen and oxygen atoms in total. The third-order valence-electron chi connectivity index (χ3n) is 6.46. The van der Waals surface area contributed by atoms with Crippen molar-refractivity contribution in [3.8, 4) is 0 Å². The van der Waals surface area contributed by atoms with E-state index in [9.17, 15) is 18.0 Å². The molecule has 1 spiro atoms. The van der Waals surface area contributed by atoms with Crippen molar-refractivity contribution >= 4 is 5.91 Å². The Labute approximate surface area is 156 Å². The molecule has 2 aliphatic heterocycles. The molecule has 3 fully saturated rings. The van der Waals surface area contributed by atoms with E-state index in [2.05, 4.69) is 19.9 Å². The van der Waals surface area contributed by atoms with E-state index in [1.807, 2.05) is 0 Å². The second-order valence-electron chi connectivity index (χ2n) is 8.25. The number of rotatable bonds is 3. The van der Waals surface area contributed by atoms with Gasteiger partial charge in [0.2, 0.25) is 11.8 Å². The van der Waals surface area contributed by atoms with E-state index in [1.165, 1.54) is 12.8 Å². The zero-order chi connectivity index (χ0) is 19.1. The number of carbonyl (C=O) groups is 1. The van der Waals surface area contributed by atoms with Gasteiger partial charge < -0.3 is 9.42 Å². The van der Waals surface area contributed by atoms with Crippen molar-refractivity contribution in [3.63, 3.8) is 0 Å². The van der Waals surface area contributed by atoms with Gasteiger partial charge in [-0.1, -0.05) is 18.0 Å². The minimum absolute atomic E-state index is 0.00433. The van der Waals surface area contributed by atoms with Crippen LogP contribution in [0.15, 0.2) is 4.52 Å². The first-order chi connectivity index (χ1) is 12.8. The summed E-state index contributed by atoms with van der Waals surface area (Å²) < 4.78 is 42.5. The third kappa shape index (κ3) is 3.97. The van der Waals surface area contributed by atoms with Crippen LogP contribution in [0.1, 0.15) is 63.1 Å². The Balaban J connectivity index is 1.34. The lowest BCUT2D eigenvalue weighted by Crippen LogP contribution is -2.53. The second-order valence-corrected chi connectivity index (χ2v) is 8.25. The first kappa shape index (κ1) is 18.7. The van der Waals surface area contributed by atoms with E-state index in [4.69, 9.17) is 4.52 Å². The number of nitrogens with zero attached hydrogens (tertiary/aromatic N) is 4. The van der Waals surface area contributed by atoms with E-state index >= 15 is 0 Å². The average Bonchev–Trinajstić information content (AvgIpc) is 3.31. The summed E-state index contributed by atoms with van der Waals surface area (Å²) in [5.74, 6) is -0.922. The molecule has 27 heavy (non-hydrogen) atoms. The lowest BCUT2D eigenvalue weighted by atomic mass is 9.72. The Morgan fingerprint density at radius 2 is 1.85 bits per heavy atom. The van der Waals surface area contributed by atoms with E-state index < -0.39 is 12.0 Å². The van der Waals surface area contributed by atoms with Crippen molar-refractivity contribution < 1.29 is 22.5 Å². The van der Waals surface area contributed by atoms with Crippen LogP contribution >= 0.6 is 0 Å². The normalized spacial score (nSPS) is 24.9. The van der Waals surface area contributed by atoms with Gasteiger partial charge in [0.15, 0.2) is 0 Å². The Kier molecular flexibility index (Phi) is 4.90. The summed E-state index contributed by atoms with van der Waals surface area (Å²) in [6.45, 7) is 2.63. The van der Waals surface area contributed by atoms with E-state index in [0.717, 1.165) is 51.7 Å². The van der Waals surface area contributed by atoms with Crippen LogP contribution in [0.5, 0.6) is 0 Å². The van der Waals surface area contributed by atoms with Crippen LogP contribution in [-0.2, 0) is 17.5 Å². The number of alkyl halides is 3. The SMILES string of the molecule is O=C1CCC2(CCN(Cc3nc(C(F)(F)F)no3)CC2)CN1C1CCCC1. The maximum atomic E-state index is 12.6. The van der Waals surface area contributed by atoms with Gasteiger partial charge >= 0.3 is 6.18 Å². The first-order valence-electron chi connectivity index (χ1n) is 9.76. The molecule has 1 aliphatic carbocycles. The van der Waals surface area contributed by atoms with Gasteiger partial charge in [0.05, 0.1) is 6.54 Å². The largest absolute Gasteiger partial charge is 0.455 e. The summed E-state index contributed by atoms with van der Waals surface area (Å²) in [6, 6.07) is 0.409. The summed E-state index contributed by atoms with van der Waals surface area (Å²) in [7, 11) is 0. The minimum Gasteiger partial charge on any atom is -0.339 e. The third-order valence-corrected chi connectivity index (χ3v) is 6.46. The highest BCUT2D eigenvalue weighted by atomic mass is 19.4. The van der Waals surface area contributed by atoms with Crippen molar-refractivity contribution in [1.82, 2.24) is 19.9 Å². The van der Waals surface area contributed by atoms with E-state index in [-0.39, 0.29) is 17.9 Å². The lowest BCUT2D eigenvalue weighted by molar-refractivity contribution is -0.146. The predicted octanol–water partition coefficient (Wildman–Crippen LogP) is 3.24. The van der Waals surface area contributed by atoms with Gasteiger partial charge in [-0.15, -0.1) is 0 Å². The molecule has 0 bridgehead atoms. The Morgan fingerprint density at radius 1 is 1.15 bits per heavy atom. The molecule has 1 aromatic rings. The summed E-state index contributed by atoms with van der Waals surface area (Å²) in [5, 5.41) is 3.02. The zero-order valence-corrected chi connectivity index (χ0v) is 15.3. The minimum atomic E-state index is -4.58. The average molecular weight is 386 g/mol. The predicted molar refractivity (Wildman–Crippen MR) is 89.4 cm³/mol. The van der Waals surface area contributed by atoms with E-state index in [1.54, 1.807) is 0 Å². The van der Waals surface area contributed by atoms with Crippen LogP contribution < -0.4 is 0 Å². The Hall–Kier alpha value is -1.64. The topological polar surface area (TPSA) is 62.5 Å². The van der Waals surface area contributed by atoms with Gasteiger partial charge in [-0.05, 0) is 50.6 Å². The van der Waals surface area contributed by atoms with Gasteiger partial charge in [-0.2, -0.15) is 18.2 Å². The molecule has 0 unspecified atom stereocenters. The molecule has 150 valence electrons. The molecule has 0 aromatic carbocycles. The maximum Gasteiger partial charge on any atom is 0.455 e. The fraction of sp³-hybridized carbons (Fsp3) is 0.833. The molecule has 0 radical (unpaired) electrons. The number of carbonyl (C=O) groups excluding carboxylic acids is 1. The summed E-state index contributed by atoms with van der Waals surface area (Å²) in [6.07, 6.45) is 3.51. The molecule has 9 heteroatoms. The number of hydrogen-bond acceptors (Lipinski definition) is 5. The van der Waals surface area contributed by atoms with Gasteiger partial charge in [0.1, 0.15) is 0 Å². The maximum absolute atomic E-state index is 12.6. The number of piperidine rings is 2. The summed E-state index contributed by atoms with van der Waals surface area (Å²) in [5.41, 5.74) is 0.152. The molecule has 0 atom stereocenters. The molecule has 2 saturated heterocycles. The molecular formula is C18H25F3N4O2. The molecule has 1 aromatic heterocycles. The fourth-order valence-corrected chi connectivity index (χ4v) is 4.81. The monoisotopic (exact) mass is 386 g/mol. The van der Waals surface area contributed by atoms with Crippen LogP contribution in [0.25, 0.3) is 0 Å². The van der Waals surface area contributed by atoms with Crippen LogP contribution in [0.2, 0.25) is 0 Å². The fourth-order valence-electron chi connectivity index (χ4n) is 4.81. The second kappa shape index (κ2) is 7.07. The molecular weight excluding hydrogens is 361 g/mol. The van der Waals surface area contributed by atoms with Crippen molar-refractivity contribution in [2.45, 2.75) is 70.1 Å². The van der Waals surface area contributed by atoms with Crippen molar-refractivity contribution in [1.29, 1.82) is 0 Å². The quantitative estimate of drug-likeness (QED) is 0.798. The number of likely N-dealkylation sites (tertiary alicyclic amines) is 2. The highest BCUT2D eigenvalue weighted by Crippen LogP contribution is 2.42. The number of amides is 1. The van der Waals surface area contributed by atoms with Crippen LogP contribution in [0, 0.1) is 5.41 Å². The van der Waals surface area contributed by atoms with Gasteiger partial charge in [-0.3, -0.25) is 9.69 Å². The van der Waals surface area contributed by atoms with Crippen molar-refractivity contribution in [2.24, 2.45) is 5.41 Å². The highest BCUT2D eigenvalue weighted by Gasteiger charge is 2.43. The van der Waals surface area contributed by atoms with Gasteiger partial charge in [-0.25, -0.2) is 0 Å². The number of aromatic nitrogens is 2. The molecule has 0 N–H and O–H groups in total. The van der Waals surface area contributed by atoms with Crippen LogP contribution in [0.3, 0.4) is 0 Å². The summed E-state index contributed by atoms with van der Waals surface area (Å²) in [4.78, 5) is 20.0. The molecule has 3 aliphatic rings. The molecule has 4 rings (SSSR count). The standard InChI is InChI=1S/C18H25F3N4O2/c19-18(20,21)16-22-14(27-23-16)11-24-9-7-17(8-10-24)6-5-15(26)25(12-17)13-3-1-2-4-13/h13H,1-12H2. The van der Waals surface area contributed by atoms with E-state index in [0.29, 0.717) is 18.4 Å².